The number of nitrogens with zero attached hydrogens (tertiary/aromatic N) is 4. The summed E-state index contributed by atoms with van der Waals surface area (Å²) in [5.74, 6) is -1.09. The van der Waals surface area contributed by atoms with E-state index < -0.39 is 11.7 Å². The summed E-state index contributed by atoms with van der Waals surface area (Å²) in [5, 5.41) is 16.9. The quantitative estimate of drug-likeness (QED) is 0.640. The van der Waals surface area contributed by atoms with Crippen molar-refractivity contribution in [2.75, 3.05) is 25.0 Å². The molecule has 5 rings (SSSR count). The van der Waals surface area contributed by atoms with Gasteiger partial charge in [0, 0.05) is 42.4 Å². The van der Waals surface area contributed by atoms with Crippen LogP contribution in [0.2, 0.25) is 0 Å². The Bertz CT molecular complexity index is 1210. The number of aliphatic imine (C=N–C) groups is 1. The number of rotatable bonds is 5. The number of carbonyl (C=O) groups excluding carboxylic acids is 1. The number of ketones is 1. The van der Waals surface area contributed by atoms with Gasteiger partial charge in [0.1, 0.15) is 30.3 Å². The molecule has 2 aliphatic rings. The highest BCUT2D eigenvalue weighted by molar-refractivity contribution is 6.20. The van der Waals surface area contributed by atoms with Gasteiger partial charge in [-0.15, -0.1) is 0 Å². The largest absolute Gasteiger partial charge is 0.396 e. The molecule has 1 aromatic heterocycles. The van der Waals surface area contributed by atoms with Gasteiger partial charge in [0.25, 0.3) is 0 Å². The molecule has 2 unspecified atom stereocenters. The molecule has 2 atom stereocenters. The van der Waals surface area contributed by atoms with Gasteiger partial charge in [0.15, 0.2) is 5.78 Å². The van der Waals surface area contributed by atoms with Gasteiger partial charge in [-0.25, -0.2) is 18.4 Å². The Morgan fingerprint density at radius 1 is 1.16 bits per heavy atom. The van der Waals surface area contributed by atoms with Gasteiger partial charge >= 0.3 is 0 Å². The molecular weight excluding hydrogens is 416 g/mol. The number of aliphatic hydroxyl groups is 1. The van der Waals surface area contributed by atoms with E-state index in [0.29, 0.717) is 47.9 Å². The molecule has 0 fully saturated rings. The van der Waals surface area contributed by atoms with Gasteiger partial charge in [0.05, 0.1) is 11.6 Å². The number of benzene rings is 2. The minimum absolute atomic E-state index is 0.00855. The van der Waals surface area contributed by atoms with Crippen molar-refractivity contribution in [3.8, 4) is 0 Å². The predicted octanol–water partition coefficient (Wildman–Crippen LogP) is 2.92. The summed E-state index contributed by atoms with van der Waals surface area (Å²) in [6.07, 6.45) is 1.95. The van der Waals surface area contributed by atoms with Crippen LogP contribution in [0, 0.1) is 11.6 Å². The van der Waals surface area contributed by atoms with E-state index >= 15 is 0 Å². The number of Topliss-reactive ketones (excluding diaryl/α,β-unsaturated/α-hetero) is 1. The fraction of sp³-hybridized carbons (Fsp3) is 0.304. The average Bonchev–Trinajstić information content (AvgIpc) is 3.18. The Morgan fingerprint density at radius 2 is 1.97 bits per heavy atom. The molecule has 0 amide bonds. The van der Waals surface area contributed by atoms with E-state index in [-0.39, 0.29) is 30.7 Å². The Hall–Kier alpha value is -3.46. The first-order valence-corrected chi connectivity index (χ1v) is 10.5. The van der Waals surface area contributed by atoms with E-state index in [2.05, 4.69) is 20.4 Å². The second-order valence-corrected chi connectivity index (χ2v) is 7.94. The van der Waals surface area contributed by atoms with Crippen molar-refractivity contribution < 1.29 is 18.7 Å². The van der Waals surface area contributed by atoms with Crippen molar-refractivity contribution in [2.24, 2.45) is 4.99 Å². The smallest absolute Gasteiger partial charge is 0.185 e. The van der Waals surface area contributed by atoms with Crippen molar-refractivity contribution in [3.05, 3.63) is 76.9 Å². The summed E-state index contributed by atoms with van der Waals surface area (Å²) in [4.78, 5) is 21.7. The average molecular weight is 437 g/mol. The Morgan fingerprint density at radius 3 is 2.75 bits per heavy atom. The van der Waals surface area contributed by atoms with Crippen LogP contribution in [0.1, 0.15) is 45.6 Å². The number of hydrogen-bond acceptors (Lipinski definition) is 6. The van der Waals surface area contributed by atoms with Crippen LogP contribution in [0.3, 0.4) is 0 Å². The molecule has 0 radical (unpaired) electrons. The monoisotopic (exact) mass is 437 g/mol. The van der Waals surface area contributed by atoms with Crippen molar-refractivity contribution in [1.29, 1.82) is 0 Å². The Labute approximate surface area is 182 Å². The topological polar surface area (TPSA) is 92.4 Å². The fourth-order valence-electron chi connectivity index (χ4n) is 4.57. The van der Waals surface area contributed by atoms with Crippen molar-refractivity contribution in [3.63, 3.8) is 0 Å². The number of nitrogens with one attached hydrogen (secondary N) is 1. The van der Waals surface area contributed by atoms with Crippen LogP contribution in [0.15, 0.2) is 47.7 Å². The predicted molar refractivity (Wildman–Crippen MR) is 114 cm³/mol. The second-order valence-electron chi connectivity index (χ2n) is 7.94. The molecule has 0 saturated heterocycles. The molecule has 164 valence electrons. The van der Waals surface area contributed by atoms with Crippen LogP contribution >= 0.6 is 0 Å². The molecular formula is C23H21F2N5O2. The summed E-state index contributed by atoms with van der Waals surface area (Å²) in [6, 6.07) is 8.86. The minimum atomic E-state index is -0.497. The van der Waals surface area contributed by atoms with Crippen molar-refractivity contribution >= 4 is 17.2 Å². The van der Waals surface area contributed by atoms with Crippen molar-refractivity contribution in [1.82, 2.24) is 14.8 Å². The van der Waals surface area contributed by atoms with E-state index in [1.807, 2.05) is 0 Å². The molecule has 2 aromatic carbocycles. The zero-order valence-corrected chi connectivity index (χ0v) is 17.1. The van der Waals surface area contributed by atoms with E-state index in [1.165, 1.54) is 30.6 Å². The lowest BCUT2D eigenvalue weighted by Crippen LogP contribution is -2.30. The molecule has 0 aliphatic carbocycles. The number of aryl methyl sites for hydroxylation is 1. The second kappa shape index (κ2) is 8.23. The highest BCUT2D eigenvalue weighted by atomic mass is 19.1. The van der Waals surface area contributed by atoms with Crippen LogP contribution in [0.4, 0.5) is 14.5 Å². The molecule has 9 heteroatoms. The zero-order chi connectivity index (χ0) is 22.2. The van der Waals surface area contributed by atoms with Crippen LogP contribution in [0.25, 0.3) is 0 Å². The summed E-state index contributed by atoms with van der Waals surface area (Å²) >= 11 is 0. The lowest BCUT2D eigenvalue weighted by molar-refractivity contribution is 0.0999. The highest BCUT2D eigenvalue weighted by Crippen LogP contribution is 2.42. The molecule has 7 nitrogen and oxygen atoms in total. The number of aromatic nitrogens is 3. The van der Waals surface area contributed by atoms with E-state index in [9.17, 15) is 18.7 Å². The fourth-order valence-corrected chi connectivity index (χ4v) is 4.57. The molecule has 2 aliphatic heterocycles. The third-order valence-corrected chi connectivity index (χ3v) is 6.01. The van der Waals surface area contributed by atoms with Gasteiger partial charge < -0.3 is 10.4 Å². The van der Waals surface area contributed by atoms with Gasteiger partial charge in [0.2, 0.25) is 0 Å². The third-order valence-electron chi connectivity index (χ3n) is 6.01. The van der Waals surface area contributed by atoms with Crippen LogP contribution in [0.5, 0.6) is 0 Å². The first-order chi connectivity index (χ1) is 15.6. The van der Waals surface area contributed by atoms with Gasteiger partial charge in [-0.2, -0.15) is 5.10 Å². The first-order valence-electron chi connectivity index (χ1n) is 10.5. The minimum Gasteiger partial charge on any atom is -0.396 e. The standard InChI is InChI=1S/C23H21F2N5O2/c24-14-4-2-13(3-5-14)17-10-26-18-9-15(25)8-16-19(32)11-27-22(20(16)18)21(17)23-28-12-29-30(23)6-1-7-31/h2-5,8-9,12,17,21,26,31H,1,6-7,10-11H2. The molecule has 3 heterocycles. The molecule has 3 aromatic rings. The highest BCUT2D eigenvalue weighted by Gasteiger charge is 2.40. The molecule has 0 saturated carbocycles. The number of carbonyl (C=O) groups is 1. The number of halogens is 2. The lowest BCUT2D eigenvalue weighted by Gasteiger charge is -2.28. The van der Waals surface area contributed by atoms with Gasteiger partial charge in [-0.05, 0) is 36.2 Å². The van der Waals surface area contributed by atoms with Crippen molar-refractivity contribution in [2.45, 2.75) is 24.8 Å². The maximum atomic E-state index is 14.3. The van der Waals surface area contributed by atoms with Gasteiger partial charge in [-0.3, -0.25) is 9.79 Å². The number of aliphatic hydroxyl groups excluding tert-OH is 1. The summed E-state index contributed by atoms with van der Waals surface area (Å²) in [5.41, 5.74) is 2.86. The van der Waals surface area contributed by atoms with E-state index in [4.69, 9.17) is 0 Å². The summed E-state index contributed by atoms with van der Waals surface area (Å²) < 4.78 is 29.7. The SMILES string of the molecule is O=C1CN=C2c3c(cc(F)cc31)NCC(c1ccc(F)cc1)C2c1ncnn1CCCO. The maximum Gasteiger partial charge on any atom is 0.185 e. The van der Waals surface area contributed by atoms with E-state index in [0.717, 1.165) is 5.56 Å². The zero-order valence-electron chi connectivity index (χ0n) is 17.1. The van der Waals surface area contributed by atoms with Crippen LogP contribution in [-0.2, 0) is 6.54 Å². The third kappa shape index (κ3) is 3.48. The number of hydrogen-bond donors (Lipinski definition) is 2. The normalized spacial score (nSPS) is 19.7. The first kappa shape index (κ1) is 20.4. The number of anilines is 1. The molecule has 32 heavy (non-hydrogen) atoms. The molecule has 0 bridgehead atoms. The Kier molecular flexibility index (Phi) is 5.26. The molecule has 0 spiro atoms. The maximum absolute atomic E-state index is 14.3. The van der Waals surface area contributed by atoms with Crippen LogP contribution in [-0.4, -0.2) is 51.1 Å². The lowest BCUT2D eigenvalue weighted by atomic mass is 9.78. The van der Waals surface area contributed by atoms with Gasteiger partial charge in [-0.1, -0.05) is 12.1 Å². The van der Waals surface area contributed by atoms with Crippen LogP contribution < -0.4 is 5.32 Å². The summed E-state index contributed by atoms with van der Waals surface area (Å²) in [6.45, 7) is 0.783. The summed E-state index contributed by atoms with van der Waals surface area (Å²) in [7, 11) is 0. The molecule has 2 N–H and O–H groups in total. The van der Waals surface area contributed by atoms with E-state index in [1.54, 1.807) is 16.8 Å². The Balaban J connectivity index is 1.71.